The Bertz CT molecular complexity index is 482. The largest absolute Gasteiger partial charge is 0.271 e. The molecule has 0 aliphatic rings. The number of hydrogen-bond acceptors (Lipinski definition) is 6. The van der Waals surface area contributed by atoms with Gasteiger partial charge in [-0.15, -0.1) is 5.10 Å². The molecule has 7 heteroatoms. The van der Waals surface area contributed by atoms with E-state index in [1.165, 1.54) is 11.5 Å². The fourth-order valence-corrected chi connectivity index (χ4v) is 3.98. The van der Waals surface area contributed by atoms with E-state index in [1.54, 1.807) is 11.3 Å². The fraction of sp³-hybridized carbons (Fsp3) is 0.400. The summed E-state index contributed by atoms with van der Waals surface area (Å²) >= 11 is 6.59. The third kappa shape index (κ3) is 2.74. The molecule has 0 aromatic carbocycles. The Morgan fingerprint density at radius 1 is 1.53 bits per heavy atom. The zero-order chi connectivity index (χ0) is 12.3. The van der Waals surface area contributed by atoms with Crippen LogP contribution in [0.1, 0.15) is 35.5 Å². The van der Waals surface area contributed by atoms with Gasteiger partial charge in [0.15, 0.2) is 0 Å². The first-order valence-electron chi connectivity index (χ1n) is 5.26. The summed E-state index contributed by atoms with van der Waals surface area (Å²) in [5.74, 6) is 5.67. The van der Waals surface area contributed by atoms with Crippen molar-refractivity contribution in [2.75, 3.05) is 0 Å². The molecule has 2 rings (SSSR count). The van der Waals surface area contributed by atoms with Crippen LogP contribution >= 0.6 is 38.8 Å². The summed E-state index contributed by atoms with van der Waals surface area (Å²) in [4.78, 5) is 1.11. The minimum absolute atomic E-state index is 0.0304. The molecule has 2 heterocycles. The molecule has 0 aliphatic carbocycles. The summed E-state index contributed by atoms with van der Waals surface area (Å²) in [6, 6.07) is -0.0304. The lowest BCUT2D eigenvalue weighted by atomic mass is 10.1. The van der Waals surface area contributed by atoms with Gasteiger partial charge in [0.1, 0.15) is 0 Å². The molecule has 2 aromatic heterocycles. The van der Waals surface area contributed by atoms with Gasteiger partial charge in [0, 0.05) is 15.4 Å². The molecule has 1 atom stereocenters. The number of thiophene rings is 1. The highest BCUT2D eigenvalue weighted by molar-refractivity contribution is 9.10. The van der Waals surface area contributed by atoms with Gasteiger partial charge in [-0.1, -0.05) is 17.8 Å². The quantitative estimate of drug-likeness (QED) is 0.652. The highest BCUT2D eigenvalue weighted by Crippen LogP contribution is 2.33. The van der Waals surface area contributed by atoms with Gasteiger partial charge in [-0.25, -0.2) is 5.43 Å². The first-order valence-corrected chi connectivity index (χ1v) is 7.77. The van der Waals surface area contributed by atoms with Gasteiger partial charge in [0.05, 0.1) is 16.6 Å². The summed E-state index contributed by atoms with van der Waals surface area (Å²) in [7, 11) is 0. The molecule has 0 fully saturated rings. The first kappa shape index (κ1) is 13.1. The molecule has 0 radical (unpaired) electrons. The molecule has 17 heavy (non-hydrogen) atoms. The maximum absolute atomic E-state index is 5.67. The molecule has 0 saturated heterocycles. The van der Waals surface area contributed by atoms with Crippen LogP contribution in [-0.2, 0) is 6.42 Å². The van der Waals surface area contributed by atoms with Crippen molar-refractivity contribution in [3.05, 3.63) is 31.4 Å². The number of hydrogen-bond donors (Lipinski definition) is 2. The molecule has 3 N–H and O–H groups in total. The fourth-order valence-electron chi connectivity index (χ4n) is 1.65. The van der Waals surface area contributed by atoms with Crippen molar-refractivity contribution in [2.24, 2.45) is 5.84 Å². The highest BCUT2D eigenvalue weighted by Gasteiger charge is 2.22. The van der Waals surface area contributed by atoms with Gasteiger partial charge in [-0.05, 0) is 39.3 Å². The van der Waals surface area contributed by atoms with Crippen molar-refractivity contribution >= 4 is 38.8 Å². The second kappa shape index (κ2) is 6.01. The van der Waals surface area contributed by atoms with Crippen molar-refractivity contribution < 1.29 is 0 Å². The molecule has 4 nitrogen and oxygen atoms in total. The van der Waals surface area contributed by atoms with E-state index in [0.29, 0.717) is 0 Å². The number of nitrogens with one attached hydrogen (secondary N) is 1. The summed E-state index contributed by atoms with van der Waals surface area (Å²) in [6.45, 7) is 2.13. The van der Waals surface area contributed by atoms with Crippen LogP contribution in [0.5, 0.6) is 0 Å². The Morgan fingerprint density at radius 3 is 2.94 bits per heavy atom. The molecule has 0 spiro atoms. The molecule has 2 aromatic rings. The predicted molar refractivity (Wildman–Crippen MR) is 75.1 cm³/mol. The van der Waals surface area contributed by atoms with Gasteiger partial charge >= 0.3 is 0 Å². The van der Waals surface area contributed by atoms with Crippen LogP contribution in [0.25, 0.3) is 0 Å². The second-order valence-corrected chi connectivity index (χ2v) is 5.99. The van der Waals surface area contributed by atoms with Crippen molar-refractivity contribution in [1.29, 1.82) is 0 Å². The van der Waals surface area contributed by atoms with E-state index in [2.05, 4.69) is 43.2 Å². The Labute approximate surface area is 117 Å². The average molecular weight is 333 g/mol. The van der Waals surface area contributed by atoms with Crippen LogP contribution in [0.3, 0.4) is 0 Å². The van der Waals surface area contributed by atoms with Crippen LogP contribution in [0.4, 0.5) is 0 Å². The highest BCUT2D eigenvalue weighted by atomic mass is 79.9. The summed E-state index contributed by atoms with van der Waals surface area (Å²) in [5.41, 5.74) is 5.03. The van der Waals surface area contributed by atoms with Crippen LogP contribution in [0.2, 0.25) is 0 Å². The Morgan fingerprint density at radius 2 is 2.35 bits per heavy atom. The molecule has 0 amide bonds. The molecule has 0 saturated carbocycles. The van der Waals surface area contributed by atoms with Crippen molar-refractivity contribution in [3.8, 4) is 0 Å². The Kier molecular flexibility index (Phi) is 4.63. The number of nitrogens with zero attached hydrogens (tertiary/aromatic N) is 2. The lowest BCUT2D eigenvalue weighted by molar-refractivity contribution is 0.636. The summed E-state index contributed by atoms with van der Waals surface area (Å²) in [6.07, 6.45) is 1.99. The maximum atomic E-state index is 5.67. The monoisotopic (exact) mass is 332 g/mol. The van der Waals surface area contributed by atoms with E-state index in [1.807, 2.05) is 5.38 Å². The molecule has 0 aliphatic heterocycles. The number of aromatic nitrogens is 2. The Hall–Kier alpha value is -0.340. The van der Waals surface area contributed by atoms with Gasteiger partial charge in [0.25, 0.3) is 0 Å². The predicted octanol–water partition coefficient (Wildman–Crippen LogP) is 2.87. The topological polar surface area (TPSA) is 63.8 Å². The third-order valence-corrected chi connectivity index (χ3v) is 5.04. The van der Waals surface area contributed by atoms with Gasteiger partial charge in [0.2, 0.25) is 0 Å². The maximum Gasteiger partial charge on any atom is 0.0856 e. The molecular weight excluding hydrogens is 320 g/mol. The minimum atomic E-state index is -0.0304. The molecular formula is C10H13BrN4S2. The van der Waals surface area contributed by atoms with E-state index < -0.39 is 0 Å². The average Bonchev–Trinajstić information content (AvgIpc) is 2.92. The number of nitrogens with two attached hydrogens (primary N) is 1. The van der Waals surface area contributed by atoms with Gasteiger partial charge in [-0.2, -0.15) is 11.3 Å². The van der Waals surface area contributed by atoms with Crippen LogP contribution in [0, 0.1) is 0 Å². The summed E-state index contributed by atoms with van der Waals surface area (Å²) in [5, 5.41) is 8.31. The lowest BCUT2D eigenvalue weighted by Crippen LogP contribution is -2.28. The lowest BCUT2D eigenvalue weighted by Gasteiger charge is -2.14. The minimum Gasteiger partial charge on any atom is -0.271 e. The van der Waals surface area contributed by atoms with Gasteiger partial charge in [-0.3, -0.25) is 5.84 Å². The smallest absolute Gasteiger partial charge is 0.0856 e. The molecule has 0 bridgehead atoms. The van der Waals surface area contributed by atoms with E-state index in [9.17, 15) is 0 Å². The van der Waals surface area contributed by atoms with Crippen LogP contribution in [-0.4, -0.2) is 9.59 Å². The van der Waals surface area contributed by atoms with Crippen molar-refractivity contribution in [2.45, 2.75) is 25.8 Å². The normalized spacial score (nSPS) is 12.9. The SMILES string of the molecule is CCCc1nnsc1C(NN)c1cscc1Br. The van der Waals surface area contributed by atoms with E-state index in [-0.39, 0.29) is 6.04 Å². The second-order valence-electron chi connectivity index (χ2n) is 3.61. The van der Waals surface area contributed by atoms with Gasteiger partial charge < -0.3 is 0 Å². The van der Waals surface area contributed by atoms with Crippen molar-refractivity contribution in [1.82, 2.24) is 15.0 Å². The standard InChI is InChI=1S/C10H13BrN4S2/c1-2-3-8-10(17-15-14-8)9(13-12)6-4-16-5-7(6)11/h4-5,9,13H,2-3,12H2,1H3. The number of aryl methyl sites for hydroxylation is 1. The van der Waals surface area contributed by atoms with E-state index in [0.717, 1.165) is 33.4 Å². The van der Waals surface area contributed by atoms with E-state index >= 15 is 0 Å². The van der Waals surface area contributed by atoms with Crippen LogP contribution in [0.15, 0.2) is 15.2 Å². The number of rotatable bonds is 5. The van der Waals surface area contributed by atoms with Crippen LogP contribution < -0.4 is 11.3 Å². The number of hydrazine groups is 1. The zero-order valence-corrected chi connectivity index (χ0v) is 12.5. The molecule has 92 valence electrons. The number of halogens is 1. The van der Waals surface area contributed by atoms with E-state index in [4.69, 9.17) is 5.84 Å². The summed E-state index contributed by atoms with van der Waals surface area (Å²) < 4.78 is 5.10. The Balaban J connectivity index is 2.35. The zero-order valence-electron chi connectivity index (χ0n) is 9.31. The third-order valence-electron chi connectivity index (χ3n) is 2.45. The van der Waals surface area contributed by atoms with Crippen molar-refractivity contribution in [3.63, 3.8) is 0 Å². The molecule has 1 unspecified atom stereocenters. The first-order chi connectivity index (χ1) is 8.27.